The van der Waals surface area contributed by atoms with Crippen molar-refractivity contribution < 1.29 is 14.1 Å². The molecule has 0 amide bonds. The van der Waals surface area contributed by atoms with Crippen LogP contribution in [0.1, 0.15) is 58.9 Å². The summed E-state index contributed by atoms with van der Waals surface area (Å²) in [5.74, 6) is 0.0771. The molecule has 1 fully saturated rings. The highest BCUT2D eigenvalue weighted by Crippen LogP contribution is 2.41. The van der Waals surface area contributed by atoms with Gasteiger partial charge in [0.2, 0.25) is 0 Å². The zero-order valence-corrected chi connectivity index (χ0v) is 15.7. The molecular formula is C21H27BO3. The van der Waals surface area contributed by atoms with Gasteiger partial charge in [-0.1, -0.05) is 36.4 Å². The van der Waals surface area contributed by atoms with Crippen LogP contribution in [0.2, 0.25) is 0 Å². The Morgan fingerprint density at radius 1 is 1.00 bits per heavy atom. The van der Waals surface area contributed by atoms with E-state index in [4.69, 9.17) is 9.31 Å². The molecule has 0 unspecified atom stereocenters. The molecule has 1 saturated heterocycles. The molecule has 25 heavy (non-hydrogen) atoms. The van der Waals surface area contributed by atoms with Gasteiger partial charge in [-0.3, -0.25) is 4.79 Å². The average Bonchev–Trinajstić information content (AvgIpc) is 2.81. The van der Waals surface area contributed by atoms with Crippen molar-refractivity contribution in [3.05, 3.63) is 53.0 Å². The lowest BCUT2D eigenvalue weighted by atomic mass is 9.68. The lowest BCUT2D eigenvalue weighted by Crippen LogP contribution is -2.41. The minimum atomic E-state index is -0.408. The topological polar surface area (TPSA) is 35.5 Å². The first-order chi connectivity index (χ1) is 11.8. The predicted molar refractivity (Wildman–Crippen MR) is 102 cm³/mol. The van der Waals surface area contributed by atoms with E-state index in [1.807, 2.05) is 64.1 Å². The van der Waals surface area contributed by atoms with Crippen LogP contribution < -0.4 is 0 Å². The monoisotopic (exact) mass is 338 g/mol. The standard InChI is InChI=1S/C21H27BO3/c1-20(2)21(3,4)25-22(24-20)18-13-9-8-12-17(18)19(23)15-14-16-10-6-5-7-11-16/h5-7,10-11,14-15H,8-9,12-13H2,1-4H3. The molecule has 1 aliphatic heterocycles. The van der Waals surface area contributed by atoms with E-state index in [-0.39, 0.29) is 17.0 Å². The molecule has 0 spiro atoms. The second kappa shape index (κ2) is 6.93. The van der Waals surface area contributed by atoms with Gasteiger partial charge in [-0.2, -0.15) is 0 Å². The average molecular weight is 338 g/mol. The highest BCUT2D eigenvalue weighted by Gasteiger charge is 2.53. The zero-order chi connectivity index (χ0) is 18.1. The second-order valence-corrected chi connectivity index (χ2v) is 7.91. The molecule has 3 rings (SSSR count). The summed E-state index contributed by atoms with van der Waals surface area (Å²) in [7, 11) is -0.408. The van der Waals surface area contributed by atoms with Gasteiger partial charge in [-0.25, -0.2) is 0 Å². The largest absolute Gasteiger partial charge is 0.490 e. The van der Waals surface area contributed by atoms with E-state index in [0.29, 0.717) is 0 Å². The Morgan fingerprint density at radius 3 is 2.24 bits per heavy atom. The van der Waals surface area contributed by atoms with Crippen LogP contribution >= 0.6 is 0 Å². The normalized spacial score (nSPS) is 22.6. The maximum Gasteiger partial charge on any atom is 0.490 e. The number of carbonyl (C=O) groups is 1. The van der Waals surface area contributed by atoms with E-state index >= 15 is 0 Å². The Morgan fingerprint density at radius 2 is 1.60 bits per heavy atom. The first-order valence-electron chi connectivity index (χ1n) is 9.15. The highest BCUT2D eigenvalue weighted by molar-refractivity contribution is 6.55. The van der Waals surface area contributed by atoms with E-state index in [1.54, 1.807) is 6.08 Å². The second-order valence-electron chi connectivity index (χ2n) is 7.91. The van der Waals surface area contributed by atoms with Crippen molar-refractivity contribution >= 4 is 19.0 Å². The molecule has 132 valence electrons. The zero-order valence-electron chi connectivity index (χ0n) is 15.7. The van der Waals surface area contributed by atoms with Gasteiger partial charge in [0.15, 0.2) is 5.78 Å². The fourth-order valence-corrected chi connectivity index (χ4v) is 3.29. The van der Waals surface area contributed by atoms with E-state index in [9.17, 15) is 4.79 Å². The molecule has 0 atom stereocenters. The molecule has 0 bridgehead atoms. The maximum absolute atomic E-state index is 12.8. The van der Waals surface area contributed by atoms with Crippen LogP contribution in [-0.2, 0) is 14.1 Å². The van der Waals surface area contributed by atoms with Crippen molar-refractivity contribution in [2.75, 3.05) is 0 Å². The fraction of sp³-hybridized carbons (Fsp3) is 0.476. The van der Waals surface area contributed by atoms with Gasteiger partial charge >= 0.3 is 7.12 Å². The van der Waals surface area contributed by atoms with Crippen molar-refractivity contribution in [2.24, 2.45) is 0 Å². The summed E-state index contributed by atoms with van der Waals surface area (Å²) in [5, 5.41) is 0. The van der Waals surface area contributed by atoms with E-state index in [0.717, 1.165) is 42.3 Å². The van der Waals surface area contributed by atoms with E-state index in [2.05, 4.69) is 0 Å². The summed E-state index contributed by atoms with van der Waals surface area (Å²) in [6, 6.07) is 9.90. The van der Waals surface area contributed by atoms with Gasteiger partial charge in [0.25, 0.3) is 0 Å². The van der Waals surface area contributed by atoms with Crippen LogP contribution in [0, 0.1) is 0 Å². The highest BCUT2D eigenvalue weighted by atomic mass is 16.7. The number of hydrogen-bond donors (Lipinski definition) is 0. The summed E-state index contributed by atoms with van der Waals surface area (Å²) in [5.41, 5.74) is 2.18. The number of rotatable bonds is 4. The van der Waals surface area contributed by atoms with Crippen molar-refractivity contribution in [3.63, 3.8) is 0 Å². The molecule has 1 aromatic carbocycles. The third-order valence-corrected chi connectivity index (χ3v) is 5.57. The maximum atomic E-state index is 12.8. The molecular weight excluding hydrogens is 311 g/mol. The van der Waals surface area contributed by atoms with Gasteiger partial charge < -0.3 is 9.31 Å². The third kappa shape index (κ3) is 3.80. The Balaban J connectivity index is 1.84. The quantitative estimate of drug-likeness (QED) is 0.586. The van der Waals surface area contributed by atoms with Crippen LogP contribution in [0.5, 0.6) is 0 Å². The van der Waals surface area contributed by atoms with Crippen LogP contribution in [0.3, 0.4) is 0 Å². The molecule has 2 aliphatic rings. The van der Waals surface area contributed by atoms with Crippen molar-refractivity contribution in [1.29, 1.82) is 0 Å². The third-order valence-electron chi connectivity index (χ3n) is 5.57. The van der Waals surface area contributed by atoms with Crippen LogP contribution in [0.4, 0.5) is 0 Å². The first-order valence-corrected chi connectivity index (χ1v) is 9.15. The number of carbonyl (C=O) groups excluding carboxylic acids is 1. The lowest BCUT2D eigenvalue weighted by molar-refractivity contribution is -0.111. The molecule has 0 aromatic heterocycles. The lowest BCUT2D eigenvalue weighted by Gasteiger charge is -2.32. The molecule has 1 aromatic rings. The van der Waals surface area contributed by atoms with E-state index < -0.39 is 7.12 Å². The molecule has 4 heteroatoms. The Labute approximate surface area is 151 Å². The van der Waals surface area contributed by atoms with Gasteiger partial charge in [0.1, 0.15) is 0 Å². The summed E-state index contributed by atoms with van der Waals surface area (Å²) in [6.07, 6.45) is 7.36. The molecule has 0 N–H and O–H groups in total. The smallest absolute Gasteiger partial charge is 0.400 e. The Bertz CT molecular complexity index is 685. The van der Waals surface area contributed by atoms with Crippen LogP contribution in [-0.4, -0.2) is 24.1 Å². The predicted octanol–water partition coefficient (Wildman–Crippen LogP) is 4.77. The van der Waals surface area contributed by atoms with Crippen LogP contribution in [0.25, 0.3) is 6.08 Å². The van der Waals surface area contributed by atoms with Crippen molar-refractivity contribution in [2.45, 2.75) is 64.6 Å². The molecule has 0 saturated carbocycles. The summed E-state index contributed by atoms with van der Waals surface area (Å²) in [6.45, 7) is 8.20. The summed E-state index contributed by atoms with van der Waals surface area (Å²) in [4.78, 5) is 12.8. The van der Waals surface area contributed by atoms with E-state index in [1.165, 1.54) is 0 Å². The number of ketones is 1. The first kappa shape index (κ1) is 18.2. The number of hydrogen-bond acceptors (Lipinski definition) is 3. The minimum absolute atomic E-state index is 0.0771. The van der Waals surface area contributed by atoms with Crippen molar-refractivity contribution in [3.8, 4) is 0 Å². The Kier molecular flexibility index (Phi) is 5.03. The molecule has 0 radical (unpaired) electrons. The number of benzene rings is 1. The SMILES string of the molecule is CC1(C)OB(C2=C(C(=O)C=Cc3ccccc3)CCCC2)OC1(C)C. The fourth-order valence-electron chi connectivity index (χ4n) is 3.29. The summed E-state index contributed by atoms with van der Waals surface area (Å²) < 4.78 is 12.4. The summed E-state index contributed by atoms with van der Waals surface area (Å²) >= 11 is 0. The van der Waals surface area contributed by atoms with Crippen molar-refractivity contribution in [1.82, 2.24) is 0 Å². The molecule has 1 heterocycles. The Hall–Kier alpha value is -1.65. The molecule has 3 nitrogen and oxygen atoms in total. The van der Waals surface area contributed by atoms with Gasteiger partial charge in [-0.15, -0.1) is 0 Å². The van der Waals surface area contributed by atoms with Crippen LogP contribution in [0.15, 0.2) is 47.5 Å². The molecule has 1 aliphatic carbocycles. The van der Waals surface area contributed by atoms with Gasteiger partial charge in [0.05, 0.1) is 11.2 Å². The minimum Gasteiger partial charge on any atom is -0.400 e. The number of allylic oxidation sites excluding steroid dienone is 3. The van der Waals surface area contributed by atoms with Gasteiger partial charge in [0, 0.05) is 0 Å². The van der Waals surface area contributed by atoms with Gasteiger partial charge in [-0.05, 0) is 76.1 Å².